The molecule has 0 saturated carbocycles. The summed E-state index contributed by atoms with van der Waals surface area (Å²) in [5.41, 5.74) is -1.29. The molecule has 11 nitrogen and oxygen atoms in total. The molecule has 0 aliphatic carbocycles. The molecule has 1 aromatic rings. The summed E-state index contributed by atoms with van der Waals surface area (Å²) in [7, 11) is 0. The number of nitrogens with zero attached hydrogens (tertiary/aromatic N) is 1. The first-order valence-electron chi connectivity index (χ1n) is 7.36. The molecule has 1 fully saturated rings. The number of aryl methyl sites for hydroxylation is 1. The molecule has 1 saturated heterocycles. The van der Waals surface area contributed by atoms with Crippen molar-refractivity contribution in [2.24, 2.45) is 0 Å². The van der Waals surface area contributed by atoms with Crippen LogP contribution in [0, 0.1) is 6.92 Å². The second-order valence-electron chi connectivity index (χ2n) is 5.67. The molecular formula is C14H17BrN2O9. The Kier molecular flexibility index (Phi) is 5.70. The highest BCUT2D eigenvalue weighted by molar-refractivity contribution is 9.09. The van der Waals surface area contributed by atoms with Gasteiger partial charge in [-0.15, -0.1) is 0 Å². The summed E-state index contributed by atoms with van der Waals surface area (Å²) in [5.74, 6) is -4.27. The van der Waals surface area contributed by atoms with E-state index in [0.29, 0.717) is 0 Å². The zero-order valence-corrected chi connectivity index (χ0v) is 15.6. The van der Waals surface area contributed by atoms with Gasteiger partial charge in [0.05, 0.1) is 0 Å². The maximum atomic E-state index is 12.1. The number of halogens is 1. The van der Waals surface area contributed by atoms with Gasteiger partial charge in [0.15, 0.2) is 12.3 Å². The van der Waals surface area contributed by atoms with Crippen LogP contribution in [0.15, 0.2) is 15.8 Å². The van der Waals surface area contributed by atoms with E-state index in [9.17, 15) is 29.4 Å². The molecule has 3 N–H and O–H groups in total. The van der Waals surface area contributed by atoms with E-state index in [1.165, 1.54) is 13.1 Å². The third-order valence-electron chi connectivity index (χ3n) is 3.61. The van der Waals surface area contributed by atoms with E-state index in [-0.39, 0.29) is 5.56 Å². The Bertz CT molecular complexity index is 834. The normalized spacial score (nSPS) is 29.2. The summed E-state index contributed by atoms with van der Waals surface area (Å²) in [4.78, 5) is 46.9. The van der Waals surface area contributed by atoms with Crippen LogP contribution < -0.4 is 11.2 Å². The van der Waals surface area contributed by atoms with Crippen LogP contribution in [-0.2, 0) is 23.8 Å². The monoisotopic (exact) mass is 436 g/mol. The number of aliphatic hydroxyl groups is 2. The highest BCUT2D eigenvalue weighted by Gasteiger charge is 2.62. The standard InChI is InChI=1S/C14H17BrN2O9/c1-5-4-17(13(22)16-10(5)20)11-8(15)14(23,26-7(3)19)9(25-11)12(21)24-6(2)18/h4,8-9,11-12,21,23H,1-3H3,(H,16,20,22)/t8?,9-,11-,12?,14-/m1/s1. The molecule has 26 heavy (non-hydrogen) atoms. The zero-order valence-electron chi connectivity index (χ0n) is 14.0. The van der Waals surface area contributed by atoms with Crippen molar-refractivity contribution in [3.63, 3.8) is 0 Å². The van der Waals surface area contributed by atoms with Gasteiger partial charge in [0.2, 0.25) is 6.29 Å². The minimum Gasteiger partial charge on any atom is -0.433 e. The third kappa shape index (κ3) is 3.72. The number of alkyl halides is 1. The van der Waals surface area contributed by atoms with Crippen LogP contribution in [0.1, 0.15) is 25.6 Å². The maximum Gasteiger partial charge on any atom is 0.330 e. The summed E-state index contributed by atoms with van der Waals surface area (Å²) in [6.45, 7) is 3.47. The Hall–Kier alpha value is -2.02. The number of aliphatic hydroxyl groups excluding tert-OH is 1. The first-order chi connectivity index (χ1) is 12.0. The van der Waals surface area contributed by atoms with Gasteiger partial charge in [0, 0.05) is 25.6 Å². The Balaban J connectivity index is 2.50. The molecule has 5 atom stereocenters. The minimum absolute atomic E-state index is 0.174. The Morgan fingerprint density at radius 2 is 2.00 bits per heavy atom. The molecule has 1 aliphatic rings. The predicted octanol–water partition coefficient (Wildman–Crippen LogP) is -1.36. The van der Waals surface area contributed by atoms with E-state index >= 15 is 0 Å². The lowest BCUT2D eigenvalue weighted by atomic mass is 10.1. The fraction of sp³-hybridized carbons (Fsp3) is 0.571. The van der Waals surface area contributed by atoms with E-state index in [1.54, 1.807) is 0 Å². The lowest BCUT2D eigenvalue weighted by Crippen LogP contribution is -2.54. The van der Waals surface area contributed by atoms with Crippen molar-refractivity contribution in [1.29, 1.82) is 0 Å². The number of carbonyl (C=O) groups is 2. The molecule has 0 aromatic carbocycles. The first kappa shape index (κ1) is 20.3. The molecule has 2 heterocycles. The number of nitrogens with one attached hydrogen (secondary N) is 1. The van der Waals surface area contributed by atoms with E-state index in [0.717, 1.165) is 18.4 Å². The summed E-state index contributed by atoms with van der Waals surface area (Å²) in [5, 5.41) is 20.8. The molecule has 1 aromatic heterocycles. The van der Waals surface area contributed by atoms with Gasteiger partial charge in [-0.3, -0.25) is 23.9 Å². The second-order valence-corrected chi connectivity index (χ2v) is 6.66. The van der Waals surface area contributed by atoms with E-state index in [1.807, 2.05) is 0 Å². The molecular weight excluding hydrogens is 420 g/mol. The number of aromatic nitrogens is 2. The summed E-state index contributed by atoms with van der Waals surface area (Å²) in [6.07, 6.45) is -3.86. The van der Waals surface area contributed by atoms with Crippen molar-refractivity contribution in [3.8, 4) is 0 Å². The van der Waals surface area contributed by atoms with Gasteiger partial charge in [-0.25, -0.2) is 4.79 Å². The summed E-state index contributed by atoms with van der Waals surface area (Å²) < 4.78 is 15.9. The molecule has 0 amide bonds. The molecule has 1 aliphatic heterocycles. The van der Waals surface area contributed by atoms with Crippen LogP contribution in [0.2, 0.25) is 0 Å². The first-order valence-corrected chi connectivity index (χ1v) is 8.27. The molecule has 2 unspecified atom stereocenters. The van der Waals surface area contributed by atoms with Crippen LogP contribution in [0.3, 0.4) is 0 Å². The lowest BCUT2D eigenvalue weighted by molar-refractivity contribution is -0.269. The fourth-order valence-corrected chi connectivity index (χ4v) is 3.24. The number of ether oxygens (including phenoxy) is 3. The summed E-state index contributed by atoms with van der Waals surface area (Å²) >= 11 is 3.09. The number of aromatic amines is 1. The molecule has 144 valence electrons. The van der Waals surface area contributed by atoms with Crippen LogP contribution in [0.25, 0.3) is 0 Å². The number of rotatable bonds is 4. The van der Waals surface area contributed by atoms with Gasteiger partial charge in [0.25, 0.3) is 11.3 Å². The van der Waals surface area contributed by atoms with Crippen LogP contribution in [0.4, 0.5) is 0 Å². The van der Waals surface area contributed by atoms with Crippen LogP contribution in [-0.4, -0.2) is 54.7 Å². The number of hydrogen-bond donors (Lipinski definition) is 3. The summed E-state index contributed by atoms with van der Waals surface area (Å²) in [6, 6.07) is 0. The maximum absolute atomic E-state index is 12.1. The predicted molar refractivity (Wildman–Crippen MR) is 87.2 cm³/mol. The lowest BCUT2D eigenvalue weighted by Gasteiger charge is -2.31. The highest BCUT2D eigenvalue weighted by atomic mass is 79.9. The highest BCUT2D eigenvalue weighted by Crippen LogP contribution is 2.43. The number of H-pyrrole nitrogens is 1. The average molecular weight is 437 g/mol. The SMILES string of the molecule is CC(=O)OC(O)[C@H]1O[C@@H](n2cc(C)c(=O)[nH]c2=O)C(Br)[C@@]1(O)OC(C)=O. The molecule has 0 radical (unpaired) electrons. The number of esters is 2. The van der Waals surface area contributed by atoms with Crippen LogP contribution >= 0.6 is 15.9 Å². The van der Waals surface area contributed by atoms with Crippen LogP contribution in [0.5, 0.6) is 0 Å². The largest absolute Gasteiger partial charge is 0.433 e. The average Bonchev–Trinajstić information content (AvgIpc) is 2.74. The minimum atomic E-state index is -2.48. The topological polar surface area (TPSA) is 157 Å². The molecule has 0 spiro atoms. The molecule has 0 bridgehead atoms. The molecule has 12 heteroatoms. The Morgan fingerprint density at radius 1 is 1.38 bits per heavy atom. The van der Waals surface area contributed by atoms with Crippen molar-refractivity contribution in [2.75, 3.05) is 0 Å². The quantitative estimate of drug-likeness (QED) is 0.294. The zero-order chi connectivity index (χ0) is 19.8. The van der Waals surface area contributed by atoms with Gasteiger partial charge in [-0.1, -0.05) is 15.9 Å². The second kappa shape index (κ2) is 7.31. The van der Waals surface area contributed by atoms with E-state index in [4.69, 9.17) is 9.47 Å². The van der Waals surface area contributed by atoms with Gasteiger partial charge < -0.3 is 24.4 Å². The van der Waals surface area contributed by atoms with Crippen molar-refractivity contribution < 1.29 is 34.0 Å². The Labute approximate surface area is 154 Å². The van der Waals surface area contributed by atoms with Crippen molar-refractivity contribution in [2.45, 2.75) is 50.0 Å². The Morgan fingerprint density at radius 3 is 2.54 bits per heavy atom. The van der Waals surface area contributed by atoms with Gasteiger partial charge in [0.1, 0.15) is 4.83 Å². The van der Waals surface area contributed by atoms with Crippen molar-refractivity contribution >= 4 is 27.9 Å². The van der Waals surface area contributed by atoms with Crippen molar-refractivity contribution in [1.82, 2.24) is 9.55 Å². The smallest absolute Gasteiger partial charge is 0.330 e. The number of hydrogen-bond acceptors (Lipinski definition) is 9. The van der Waals surface area contributed by atoms with Gasteiger partial charge in [-0.05, 0) is 6.92 Å². The third-order valence-corrected chi connectivity index (χ3v) is 4.72. The van der Waals surface area contributed by atoms with Gasteiger partial charge in [-0.2, -0.15) is 0 Å². The van der Waals surface area contributed by atoms with Gasteiger partial charge >= 0.3 is 17.6 Å². The van der Waals surface area contributed by atoms with E-state index in [2.05, 4.69) is 25.7 Å². The number of carbonyl (C=O) groups excluding carboxylic acids is 2. The van der Waals surface area contributed by atoms with Crippen molar-refractivity contribution in [3.05, 3.63) is 32.6 Å². The molecule has 2 rings (SSSR count). The fourth-order valence-electron chi connectivity index (χ4n) is 2.51. The van der Waals surface area contributed by atoms with E-state index < -0.39 is 52.4 Å².